The lowest BCUT2D eigenvalue weighted by Crippen LogP contribution is -2.43. The van der Waals surface area contributed by atoms with Crippen molar-refractivity contribution in [2.45, 2.75) is 38.9 Å². The van der Waals surface area contributed by atoms with Crippen molar-refractivity contribution in [2.75, 3.05) is 25.1 Å². The number of hydrogen-bond acceptors (Lipinski definition) is 3. The van der Waals surface area contributed by atoms with E-state index in [2.05, 4.69) is 51.9 Å². The third-order valence-corrected chi connectivity index (χ3v) is 8.56. The minimum atomic E-state index is -1.77. The highest BCUT2D eigenvalue weighted by atomic mass is 28.4. The topological polar surface area (TPSA) is 21.7 Å². The molecule has 0 bridgehead atoms. The van der Waals surface area contributed by atoms with Crippen molar-refractivity contribution in [3.63, 3.8) is 0 Å². The van der Waals surface area contributed by atoms with Gasteiger partial charge in [-0.3, -0.25) is 0 Å². The minimum absolute atomic E-state index is 0.214. The molecule has 0 saturated heterocycles. The second-order valence-electron chi connectivity index (χ2n) is 6.76. The molecule has 3 nitrogen and oxygen atoms in total. The quantitative estimate of drug-likeness (QED) is 0.766. The first-order chi connectivity index (χ1) is 8.71. The summed E-state index contributed by atoms with van der Waals surface area (Å²) in [5, 5.41) is 0.214. The van der Waals surface area contributed by atoms with Crippen LogP contribution in [0.3, 0.4) is 0 Å². The van der Waals surface area contributed by atoms with Crippen LogP contribution in [0.15, 0.2) is 18.2 Å². The summed E-state index contributed by atoms with van der Waals surface area (Å²) >= 11 is 0. The van der Waals surface area contributed by atoms with E-state index in [1.54, 1.807) is 0 Å². The molecule has 1 aliphatic rings. The first-order valence-electron chi connectivity index (χ1n) is 6.88. The number of nitrogens with zero attached hydrogens (tertiary/aromatic N) is 1. The summed E-state index contributed by atoms with van der Waals surface area (Å²) in [6, 6.07) is 6.15. The highest BCUT2D eigenvalue weighted by Gasteiger charge is 2.39. The zero-order chi connectivity index (χ0) is 14.3. The van der Waals surface area contributed by atoms with Gasteiger partial charge in [0.05, 0.1) is 12.2 Å². The Bertz CT molecular complexity index is 466. The van der Waals surface area contributed by atoms with E-state index in [9.17, 15) is 0 Å². The molecule has 0 radical (unpaired) electrons. The number of hydrogen-bond donors (Lipinski definition) is 0. The van der Waals surface area contributed by atoms with Crippen LogP contribution in [0.1, 0.15) is 20.8 Å². The average Bonchev–Trinajstić information content (AvgIpc) is 2.28. The number of rotatable bonds is 2. The molecule has 0 aromatic heterocycles. The van der Waals surface area contributed by atoms with Gasteiger partial charge < -0.3 is 14.1 Å². The number of likely N-dealkylation sites (N-methyl/N-ethyl adjacent to an activating group) is 1. The first-order valence-corrected chi connectivity index (χ1v) is 9.78. The molecule has 0 spiro atoms. The fraction of sp³-hybridized carbons (Fsp3) is 0.600. The van der Waals surface area contributed by atoms with Gasteiger partial charge in [-0.15, -0.1) is 0 Å². The van der Waals surface area contributed by atoms with E-state index in [4.69, 9.17) is 9.16 Å². The van der Waals surface area contributed by atoms with Gasteiger partial charge >= 0.3 is 0 Å². The van der Waals surface area contributed by atoms with E-state index < -0.39 is 8.32 Å². The van der Waals surface area contributed by atoms with Crippen LogP contribution in [0.5, 0.6) is 11.5 Å². The molecule has 0 aliphatic carbocycles. The second kappa shape index (κ2) is 4.74. The molecule has 0 N–H and O–H groups in total. The predicted octanol–water partition coefficient (Wildman–Crippen LogP) is 3.90. The molecule has 1 aromatic carbocycles. The summed E-state index contributed by atoms with van der Waals surface area (Å²) in [5.41, 5.74) is 1.13. The van der Waals surface area contributed by atoms with Crippen LogP contribution in [0.4, 0.5) is 5.69 Å². The number of anilines is 1. The molecule has 0 atom stereocenters. The minimum Gasteiger partial charge on any atom is -0.543 e. The summed E-state index contributed by atoms with van der Waals surface area (Å²) in [5.74, 6) is 1.92. The maximum Gasteiger partial charge on any atom is 0.250 e. The van der Waals surface area contributed by atoms with Crippen molar-refractivity contribution in [3.8, 4) is 11.5 Å². The van der Waals surface area contributed by atoms with Gasteiger partial charge in [0.25, 0.3) is 0 Å². The maximum atomic E-state index is 6.34. The second-order valence-corrected chi connectivity index (χ2v) is 11.5. The lowest BCUT2D eigenvalue weighted by atomic mass is 10.2. The van der Waals surface area contributed by atoms with Gasteiger partial charge in [-0.25, -0.2) is 0 Å². The van der Waals surface area contributed by atoms with Gasteiger partial charge in [-0.05, 0) is 30.3 Å². The molecule has 1 heterocycles. The lowest BCUT2D eigenvalue weighted by molar-refractivity contribution is 0.311. The van der Waals surface area contributed by atoms with E-state index in [1.807, 2.05) is 12.1 Å². The van der Waals surface area contributed by atoms with Crippen LogP contribution in [-0.2, 0) is 0 Å². The van der Waals surface area contributed by atoms with E-state index in [1.165, 1.54) is 0 Å². The van der Waals surface area contributed by atoms with Gasteiger partial charge in [0.15, 0.2) is 0 Å². The van der Waals surface area contributed by atoms with E-state index in [0.717, 1.165) is 30.3 Å². The fourth-order valence-corrected chi connectivity index (χ4v) is 2.86. The molecule has 19 heavy (non-hydrogen) atoms. The molecule has 0 unspecified atom stereocenters. The van der Waals surface area contributed by atoms with E-state index >= 15 is 0 Å². The zero-order valence-corrected chi connectivity index (χ0v) is 13.9. The van der Waals surface area contributed by atoms with Crippen molar-refractivity contribution in [3.05, 3.63) is 18.2 Å². The highest BCUT2D eigenvalue weighted by Crippen LogP contribution is 2.40. The Balaban J connectivity index is 2.26. The number of fused-ring (bicyclic) bond motifs is 1. The molecule has 1 aromatic rings. The molecular weight excluding hydrogens is 254 g/mol. The van der Waals surface area contributed by atoms with Crippen molar-refractivity contribution in [1.29, 1.82) is 0 Å². The molecular formula is C15H25NO2Si. The SMILES string of the molecule is CN1CCOc2ccc(O[Si](C)(C)C(C)(C)C)cc21. The molecule has 0 saturated carbocycles. The predicted molar refractivity (Wildman–Crippen MR) is 83.0 cm³/mol. The van der Waals surface area contributed by atoms with Crippen molar-refractivity contribution in [1.82, 2.24) is 0 Å². The van der Waals surface area contributed by atoms with Crippen LogP contribution in [-0.4, -0.2) is 28.5 Å². The number of ether oxygens (including phenoxy) is 1. The van der Waals surface area contributed by atoms with Crippen LogP contribution in [0.25, 0.3) is 0 Å². The van der Waals surface area contributed by atoms with Crippen molar-refractivity contribution in [2.24, 2.45) is 0 Å². The molecule has 2 rings (SSSR count). The summed E-state index contributed by atoms with van der Waals surface area (Å²) in [4.78, 5) is 2.22. The average molecular weight is 279 g/mol. The summed E-state index contributed by atoms with van der Waals surface area (Å²) in [6.07, 6.45) is 0. The smallest absolute Gasteiger partial charge is 0.250 e. The molecule has 1 aliphatic heterocycles. The van der Waals surface area contributed by atoms with Crippen molar-refractivity contribution >= 4 is 14.0 Å². The fourth-order valence-electron chi connectivity index (χ4n) is 1.84. The largest absolute Gasteiger partial charge is 0.543 e. The zero-order valence-electron chi connectivity index (χ0n) is 12.9. The molecule has 0 fully saturated rings. The Labute approximate surface area is 117 Å². The Morgan fingerprint density at radius 1 is 1.26 bits per heavy atom. The normalized spacial score (nSPS) is 15.8. The van der Waals surface area contributed by atoms with Crippen LogP contribution >= 0.6 is 0 Å². The van der Waals surface area contributed by atoms with E-state index in [0.29, 0.717) is 0 Å². The van der Waals surface area contributed by atoms with Crippen LogP contribution in [0.2, 0.25) is 18.1 Å². The molecule has 106 valence electrons. The first kappa shape index (κ1) is 14.3. The molecule has 0 amide bonds. The van der Waals surface area contributed by atoms with Gasteiger partial charge in [0.1, 0.15) is 18.1 Å². The Hall–Kier alpha value is -1.16. The Morgan fingerprint density at radius 3 is 2.58 bits per heavy atom. The van der Waals surface area contributed by atoms with Gasteiger partial charge in [-0.1, -0.05) is 20.8 Å². The Morgan fingerprint density at radius 2 is 1.95 bits per heavy atom. The van der Waals surface area contributed by atoms with Crippen LogP contribution in [0, 0.1) is 0 Å². The van der Waals surface area contributed by atoms with Gasteiger partial charge in [0, 0.05) is 13.1 Å². The summed E-state index contributed by atoms with van der Waals surface area (Å²) in [7, 11) is 0.322. The van der Waals surface area contributed by atoms with Gasteiger partial charge in [0.2, 0.25) is 8.32 Å². The summed E-state index contributed by atoms with van der Waals surface area (Å²) < 4.78 is 12.0. The lowest BCUT2D eigenvalue weighted by Gasteiger charge is -2.37. The third kappa shape index (κ3) is 2.89. The van der Waals surface area contributed by atoms with E-state index in [-0.39, 0.29) is 5.04 Å². The monoisotopic (exact) mass is 279 g/mol. The third-order valence-electron chi connectivity index (χ3n) is 4.21. The summed E-state index contributed by atoms with van der Waals surface area (Å²) in [6.45, 7) is 13.0. The van der Waals surface area contributed by atoms with Gasteiger partial charge in [-0.2, -0.15) is 0 Å². The Kier molecular flexibility index (Phi) is 3.56. The standard InChI is InChI=1S/C15H25NO2Si/c1-15(2,3)19(5,6)18-12-7-8-14-13(11-12)16(4)9-10-17-14/h7-8,11H,9-10H2,1-6H3. The number of benzene rings is 1. The maximum absolute atomic E-state index is 6.34. The van der Waals surface area contributed by atoms with Crippen LogP contribution < -0.4 is 14.1 Å². The highest BCUT2D eigenvalue weighted by molar-refractivity contribution is 6.74. The van der Waals surface area contributed by atoms with Crippen molar-refractivity contribution < 1.29 is 9.16 Å². The molecule has 4 heteroatoms.